The van der Waals surface area contributed by atoms with Gasteiger partial charge in [0.05, 0.1) is 23.4 Å². The molecule has 3 N–H and O–H groups in total. The second-order valence-electron chi connectivity index (χ2n) is 6.88. The van der Waals surface area contributed by atoms with Crippen molar-refractivity contribution in [2.24, 2.45) is 0 Å². The number of aromatic nitrogens is 1. The molecular weight excluding hydrogens is 394 g/mol. The molecule has 30 heavy (non-hydrogen) atoms. The molecule has 0 saturated carbocycles. The van der Waals surface area contributed by atoms with Crippen LogP contribution in [0.15, 0.2) is 42.5 Å². The van der Waals surface area contributed by atoms with Gasteiger partial charge in [-0.3, -0.25) is 0 Å². The third kappa shape index (κ3) is 5.16. The number of fused-ring (bicyclic) bond motifs is 1. The minimum absolute atomic E-state index is 0.502. The number of nitriles is 1. The summed E-state index contributed by atoms with van der Waals surface area (Å²) in [5.74, 6) is 1.34. The van der Waals surface area contributed by atoms with Crippen molar-refractivity contribution in [3.05, 3.63) is 59.2 Å². The molecular formula is C23H25N5OS. The second kappa shape index (κ2) is 9.90. The lowest BCUT2D eigenvalue weighted by molar-refractivity contribution is 0.342. The predicted octanol–water partition coefficient (Wildman–Crippen LogP) is 4.52. The first-order valence-electron chi connectivity index (χ1n) is 9.84. The van der Waals surface area contributed by atoms with Gasteiger partial charge in [0, 0.05) is 18.5 Å². The van der Waals surface area contributed by atoms with E-state index in [9.17, 15) is 5.26 Å². The van der Waals surface area contributed by atoms with Gasteiger partial charge in [-0.15, -0.1) is 0 Å². The summed E-state index contributed by atoms with van der Waals surface area (Å²) < 4.78 is 5.60. The van der Waals surface area contributed by atoms with Crippen molar-refractivity contribution < 1.29 is 4.74 Å². The molecule has 154 valence electrons. The average molecular weight is 420 g/mol. The van der Waals surface area contributed by atoms with Gasteiger partial charge in [-0.05, 0) is 68.4 Å². The Kier molecular flexibility index (Phi) is 7.04. The van der Waals surface area contributed by atoms with E-state index >= 15 is 0 Å². The third-order valence-electron chi connectivity index (χ3n) is 4.54. The smallest absolute Gasteiger partial charge is 0.170 e. The van der Waals surface area contributed by atoms with Crippen molar-refractivity contribution in [2.75, 3.05) is 30.3 Å². The fourth-order valence-corrected chi connectivity index (χ4v) is 3.44. The molecule has 0 saturated heterocycles. The van der Waals surface area contributed by atoms with E-state index in [1.54, 1.807) is 0 Å². The summed E-state index contributed by atoms with van der Waals surface area (Å²) in [6, 6.07) is 15.9. The number of nitrogens with one attached hydrogen (secondary N) is 3. The van der Waals surface area contributed by atoms with Crippen molar-refractivity contribution in [1.29, 1.82) is 5.26 Å². The van der Waals surface area contributed by atoms with Gasteiger partial charge in [-0.25, -0.2) is 4.98 Å². The molecule has 0 fully saturated rings. The zero-order chi connectivity index (χ0) is 21.5. The molecule has 3 rings (SSSR count). The minimum Gasteiger partial charge on any atom is -0.492 e. The molecule has 0 aliphatic rings. The molecule has 1 aromatic heterocycles. The number of aryl methyl sites for hydroxylation is 2. The standard InChI is InChI=1S/C23H25N5OS/c1-4-29-21-8-6-5-7-19(21)28-23(30)26-10-9-25-22-17(14-24)13-18-16(3)11-15(2)12-20(18)27-22/h5-8,11-13H,4,9-10H2,1-3H3,(H,25,27)(H2,26,28,30). The zero-order valence-corrected chi connectivity index (χ0v) is 18.2. The Morgan fingerprint density at radius 3 is 2.73 bits per heavy atom. The normalized spacial score (nSPS) is 10.3. The molecule has 0 aliphatic carbocycles. The van der Waals surface area contributed by atoms with Crippen molar-refractivity contribution >= 4 is 39.7 Å². The van der Waals surface area contributed by atoms with E-state index in [0.717, 1.165) is 33.5 Å². The van der Waals surface area contributed by atoms with Crippen LogP contribution in [0, 0.1) is 25.2 Å². The maximum atomic E-state index is 9.51. The van der Waals surface area contributed by atoms with Crippen molar-refractivity contribution in [1.82, 2.24) is 10.3 Å². The molecule has 1 heterocycles. The summed E-state index contributed by atoms with van der Waals surface area (Å²) in [4.78, 5) is 4.66. The number of hydrogen-bond donors (Lipinski definition) is 3. The third-order valence-corrected chi connectivity index (χ3v) is 4.79. The van der Waals surface area contributed by atoms with E-state index in [1.165, 1.54) is 0 Å². The van der Waals surface area contributed by atoms with Gasteiger partial charge in [0.2, 0.25) is 0 Å². The van der Waals surface area contributed by atoms with Crippen LogP contribution in [0.25, 0.3) is 10.9 Å². The molecule has 0 spiro atoms. The van der Waals surface area contributed by atoms with Gasteiger partial charge in [0.25, 0.3) is 0 Å². The largest absolute Gasteiger partial charge is 0.492 e. The number of para-hydroxylation sites is 2. The van der Waals surface area contributed by atoms with Crippen LogP contribution in [0.1, 0.15) is 23.6 Å². The Balaban J connectivity index is 1.60. The highest BCUT2D eigenvalue weighted by Gasteiger charge is 2.09. The average Bonchev–Trinajstić information content (AvgIpc) is 2.72. The molecule has 6 nitrogen and oxygen atoms in total. The van der Waals surface area contributed by atoms with Crippen LogP contribution in [-0.2, 0) is 0 Å². The number of rotatable bonds is 7. The summed E-state index contributed by atoms with van der Waals surface area (Å²) in [7, 11) is 0. The zero-order valence-electron chi connectivity index (χ0n) is 17.4. The lowest BCUT2D eigenvalue weighted by atomic mass is 10.0. The number of pyridine rings is 1. The highest BCUT2D eigenvalue weighted by atomic mass is 32.1. The van der Waals surface area contributed by atoms with Crippen molar-refractivity contribution in [3.63, 3.8) is 0 Å². The predicted molar refractivity (Wildman–Crippen MR) is 126 cm³/mol. The summed E-state index contributed by atoms with van der Waals surface area (Å²) in [6.07, 6.45) is 0. The molecule has 7 heteroatoms. The number of benzene rings is 2. The maximum absolute atomic E-state index is 9.51. The summed E-state index contributed by atoms with van der Waals surface area (Å²) in [5.41, 5.74) is 4.49. The molecule has 2 aromatic carbocycles. The Hall–Kier alpha value is -3.37. The molecule has 0 aliphatic heterocycles. The van der Waals surface area contributed by atoms with Gasteiger partial charge >= 0.3 is 0 Å². The SMILES string of the molecule is CCOc1ccccc1NC(=S)NCCNc1nc2cc(C)cc(C)c2cc1C#N. The Labute approximate surface area is 182 Å². The lowest BCUT2D eigenvalue weighted by Crippen LogP contribution is -2.32. The fourth-order valence-electron chi connectivity index (χ4n) is 3.22. The number of thiocarbonyl (C=S) groups is 1. The number of anilines is 2. The van der Waals surface area contributed by atoms with E-state index in [2.05, 4.69) is 33.1 Å². The Bertz CT molecular complexity index is 1110. The number of hydrogen-bond acceptors (Lipinski definition) is 5. The van der Waals surface area contributed by atoms with E-state index in [1.807, 2.05) is 57.2 Å². The van der Waals surface area contributed by atoms with Gasteiger partial charge in [-0.2, -0.15) is 5.26 Å². The molecule has 0 bridgehead atoms. The lowest BCUT2D eigenvalue weighted by Gasteiger charge is -2.15. The molecule has 0 radical (unpaired) electrons. The van der Waals surface area contributed by atoms with Crippen LogP contribution < -0.4 is 20.7 Å². The topological polar surface area (TPSA) is 82.0 Å². The number of ether oxygens (including phenoxy) is 1. The van der Waals surface area contributed by atoms with Crippen LogP contribution in [0.5, 0.6) is 5.75 Å². The molecule has 3 aromatic rings. The summed E-state index contributed by atoms with van der Waals surface area (Å²) in [5, 5.41) is 20.6. The highest BCUT2D eigenvalue weighted by Crippen LogP contribution is 2.25. The maximum Gasteiger partial charge on any atom is 0.170 e. The van der Waals surface area contributed by atoms with Gasteiger partial charge in [0.1, 0.15) is 17.6 Å². The van der Waals surface area contributed by atoms with E-state index in [-0.39, 0.29) is 0 Å². The molecule has 0 atom stereocenters. The van der Waals surface area contributed by atoms with E-state index in [0.29, 0.717) is 36.2 Å². The molecule has 0 amide bonds. The first kappa shape index (κ1) is 21.3. The number of nitrogens with zero attached hydrogens (tertiary/aromatic N) is 2. The monoisotopic (exact) mass is 419 g/mol. The quantitative estimate of drug-likeness (QED) is 0.384. The molecule has 0 unspecified atom stereocenters. The first-order chi connectivity index (χ1) is 14.5. The highest BCUT2D eigenvalue weighted by molar-refractivity contribution is 7.80. The Morgan fingerprint density at radius 1 is 1.17 bits per heavy atom. The summed E-state index contributed by atoms with van der Waals surface area (Å²) >= 11 is 5.38. The van der Waals surface area contributed by atoms with Crippen molar-refractivity contribution in [3.8, 4) is 11.8 Å². The van der Waals surface area contributed by atoms with E-state index in [4.69, 9.17) is 17.0 Å². The minimum atomic E-state index is 0.502. The Morgan fingerprint density at radius 2 is 1.97 bits per heavy atom. The summed E-state index contributed by atoms with van der Waals surface area (Å²) in [6.45, 7) is 7.74. The first-order valence-corrected chi connectivity index (χ1v) is 10.2. The van der Waals surface area contributed by atoms with Gasteiger partial charge in [-0.1, -0.05) is 18.2 Å². The van der Waals surface area contributed by atoms with Crippen LogP contribution >= 0.6 is 12.2 Å². The van der Waals surface area contributed by atoms with Crippen LogP contribution in [0.3, 0.4) is 0 Å². The van der Waals surface area contributed by atoms with Crippen LogP contribution in [0.2, 0.25) is 0 Å². The van der Waals surface area contributed by atoms with Gasteiger partial charge < -0.3 is 20.7 Å². The fraction of sp³-hybridized carbons (Fsp3) is 0.261. The van der Waals surface area contributed by atoms with Crippen LogP contribution in [0.4, 0.5) is 11.5 Å². The van der Waals surface area contributed by atoms with Gasteiger partial charge in [0.15, 0.2) is 5.11 Å². The van der Waals surface area contributed by atoms with Crippen LogP contribution in [-0.4, -0.2) is 29.8 Å². The van der Waals surface area contributed by atoms with E-state index < -0.39 is 0 Å². The van der Waals surface area contributed by atoms with Crippen molar-refractivity contribution in [2.45, 2.75) is 20.8 Å². The second-order valence-corrected chi connectivity index (χ2v) is 7.29.